The number of rotatable bonds is 0. The van der Waals surface area contributed by atoms with Crippen molar-refractivity contribution >= 4 is 47.0 Å². The van der Waals surface area contributed by atoms with Crippen molar-refractivity contribution in [3.05, 3.63) is 72.8 Å². The minimum atomic E-state index is 0.340. The molecule has 4 aromatic rings. The van der Waals surface area contributed by atoms with Crippen molar-refractivity contribution in [2.24, 2.45) is 0 Å². The quantitative estimate of drug-likeness (QED) is 0.149. The molecule has 0 saturated carbocycles. The van der Waals surface area contributed by atoms with E-state index in [0.29, 0.717) is 132 Å². The summed E-state index contributed by atoms with van der Waals surface area (Å²) < 4.78 is 73.2. The monoisotopic (exact) mass is 900 g/mol. The Labute approximate surface area is 369 Å². The van der Waals surface area contributed by atoms with Crippen molar-refractivity contribution in [2.75, 3.05) is 132 Å². The molecule has 12 bridgehead atoms. The Morgan fingerprint density at radius 2 is 0.367 bits per heavy atom. The van der Waals surface area contributed by atoms with Gasteiger partial charge in [0.2, 0.25) is 0 Å². The van der Waals surface area contributed by atoms with E-state index in [2.05, 4.69) is 72.8 Å². The second-order valence-corrected chi connectivity index (χ2v) is 17.4. The molecule has 0 unspecified atom stereocenters. The zero-order chi connectivity index (χ0) is 40.9. The SMILES string of the molecule is c1cc2c3c(c1)Sc1cccc4c1OCCOCCOCCOCCOCCOc1c(cccc1Sc1cccc(c1OCCOCCOCCOCCOCCO3)S4)S2. The molecule has 3 heterocycles. The first kappa shape index (κ1) is 45.2. The van der Waals surface area contributed by atoms with E-state index in [1.54, 1.807) is 47.0 Å². The molecule has 16 heteroatoms. The average Bonchev–Trinajstić information content (AvgIpc) is 3.25. The average molecular weight is 901 g/mol. The number of ether oxygens (including phenoxy) is 12. The number of benzene rings is 4. The molecule has 60 heavy (non-hydrogen) atoms. The maximum Gasteiger partial charge on any atom is 0.147 e. The molecule has 3 aliphatic heterocycles. The van der Waals surface area contributed by atoms with Crippen LogP contribution in [0.25, 0.3) is 0 Å². The van der Waals surface area contributed by atoms with Crippen molar-refractivity contribution in [3.8, 4) is 23.0 Å². The molecule has 0 amide bonds. The van der Waals surface area contributed by atoms with Crippen LogP contribution in [0.4, 0.5) is 0 Å². The van der Waals surface area contributed by atoms with E-state index < -0.39 is 0 Å². The molecule has 0 saturated heterocycles. The summed E-state index contributed by atoms with van der Waals surface area (Å²) >= 11 is 6.39. The van der Waals surface area contributed by atoms with Crippen LogP contribution in [0, 0.1) is 0 Å². The van der Waals surface area contributed by atoms with Gasteiger partial charge >= 0.3 is 0 Å². The fraction of sp³-hybridized carbons (Fsp3) is 0.455. The normalized spacial score (nSPS) is 19.1. The molecule has 0 atom stereocenters. The summed E-state index contributed by atoms with van der Waals surface area (Å²) in [7, 11) is 0. The van der Waals surface area contributed by atoms with Crippen molar-refractivity contribution in [1.29, 1.82) is 0 Å². The highest BCUT2D eigenvalue weighted by molar-refractivity contribution is 8.01. The van der Waals surface area contributed by atoms with Crippen LogP contribution >= 0.6 is 47.0 Å². The molecule has 0 radical (unpaired) electrons. The molecule has 0 N–H and O–H groups in total. The van der Waals surface area contributed by atoms with E-state index in [-0.39, 0.29) is 0 Å². The minimum absolute atomic E-state index is 0.340. The van der Waals surface area contributed by atoms with Gasteiger partial charge in [0.05, 0.1) is 145 Å². The molecule has 0 aromatic heterocycles. The van der Waals surface area contributed by atoms with Crippen LogP contribution in [0.5, 0.6) is 23.0 Å². The fourth-order valence-corrected chi connectivity index (χ4v) is 10.5. The topological polar surface area (TPSA) is 111 Å². The minimum Gasteiger partial charge on any atom is -0.489 e. The van der Waals surface area contributed by atoms with Gasteiger partial charge in [-0.05, 0) is 48.5 Å². The highest BCUT2D eigenvalue weighted by atomic mass is 32.2. The Morgan fingerprint density at radius 1 is 0.217 bits per heavy atom. The Bertz CT molecular complexity index is 1550. The summed E-state index contributed by atoms with van der Waals surface area (Å²) in [5.74, 6) is 2.98. The number of para-hydroxylation sites is 4. The molecule has 324 valence electrons. The first-order valence-electron chi connectivity index (χ1n) is 20.2. The van der Waals surface area contributed by atoms with Crippen LogP contribution in [0.1, 0.15) is 0 Å². The van der Waals surface area contributed by atoms with Crippen LogP contribution in [-0.2, 0) is 37.9 Å². The van der Waals surface area contributed by atoms with E-state index in [1.165, 1.54) is 0 Å². The highest BCUT2D eigenvalue weighted by Crippen LogP contribution is 2.53. The van der Waals surface area contributed by atoms with Gasteiger partial charge in [-0.15, -0.1) is 0 Å². The molecule has 4 aromatic carbocycles. The summed E-state index contributed by atoms with van der Waals surface area (Å²) in [5.41, 5.74) is 0. The number of hydrogen-bond donors (Lipinski definition) is 0. The molecule has 7 rings (SSSR count). The lowest BCUT2D eigenvalue weighted by molar-refractivity contribution is -0.00726. The number of hydrogen-bond acceptors (Lipinski definition) is 16. The second-order valence-electron chi connectivity index (χ2n) is 13.0. The van der Waals surface area contributed by atoms with Gasteiger partial charge in [-0.1, -0.05) is 71.3 Å². The predicted octanol–water partition coefficient (Wildman–Crippen LogP) is 8.28. The Morgan fingerprint density at radius 3 is 0.533 bits per heavy atom. The lowest BCUT2D eigenvalue weighted by atomic mass is 10.3. The van der Waals surface area contributed by atoms with Crippen molar-refractivity contribution in [1.82, 2.24) is 0 Å². The summed E-state index contributed by atoms with van der Waals surface area (Å²) in [6, 6.07) is 24.9. The lowest BCUT2D eigenvalue weighted by Crippen LogP contribution is -2.15. The first-order valence-corrected chi connectivity index (χ1v) is 23.5. The van der Waals surface area contributed by atoms with Crippen LogP contribution in [0.3, 0.4) is 0 Å². The Balaban J connectivity index is 1.32. The van der Waals surface area contributed by atoms with Crippen molar-refractivity contribution in [3.63, 3.8) is 0 Å². The third-order valence-electron chi connectivity index (χ3n) is 8.78. The van der Waals surface area contributed by atoms with Gasteiger partial charge in [0.1, 0.15) is 49.4 Å². The first-order chi connectivity index (χ1) is 29.8. The van der Waals surface area contributed by atoms with E-state index in [1.807, 2.05) is 0 Å². The fourth-order valence-electron chi connectivity index (χ4n) is 6.00. The summed E-state index contributed by atoms with van der Waals surface area (Å²) in [5, 5.41) is 0. The smallest absolute Gasteiger partial charge is 0.147 e. The van der Waals surface area contributed by atoms with Crippen molar-refractivity contribution < 1.29 is 56.8 Å². The van der Waals surface area contributed by atoms with E-state index in [0.717, 1.165) is 62.2 Å². The summed E-state index contributed by atoms with van der Waals surface area (Å²) in [6.07, 6.45) is 0. The maximum absolute atomic E-state index is 6.66. The standard InChI is InChI=1S/C44H52O12S4/c1-5-33-41-34(6-1)58-36-8-3-10-38-43(36)55-31-27-51-23-19-47-16-15-46-18-22-50-26-30-54-42-35(57-33)7-2-9-37(42)59-39-11-4-12-40(60-38)44(39)56-32-28-52-24-20-48-14-13-45-17-21-49-25-29-53-41/h1-12H,13-32H2. The lowest BCUT2D eigenvalue weighted by Gasteiger charge is -2.21. The highest BCUT2D eigenvalue weighted by Gasteiger charge is 2.23. The summed E-state index contributed by atoms with van der Waals surface area (Å²) in [6.45, 7) is 8.43. The van der Waals surface area contributed by atoms with Crippen LogP contribution in [0.2, 0.25) is 0 Å². The van der Waals surface area contributed by atoms with E-state index >= 15 is 0 Å². The zero-order valence-corrected chi connectivity index (χ0v) is 36.9. The molecule has 0 fully saturated rings. The predicted molar refractivity (Wildman–Crippen MR) is 231 cm³/mol. The maximum atomic E-state index is 6.66. The third kappa shape index (κ3) is 14.1. The largest absolute Gasteiger partial charge is 0.489 e. The van der Waals surface area contributed by atoms with Gasteiger partial charge < -0.3 is 56.8 Å². The molecule has 0 spiro atoms. The molecular weight excluding hydrogens is 849 g/mol. The van der Waals surface area contributed by atoms with E-state index in [9.17, 15) is 0 Å². The van der Waals surface area contributed by atoms with Gasteiger partial charge in [-0.3, -0.25) is 0 Å². The van der Waals surface area contributed by atoms with Gasteiger partial charge in [-0.2, -0.15) is 0 Å². The van der Waals surface area contributed by atoms with Gasteiger partial charge in [0.25, 0.3) is 0 Å². The zero-order valence-electron chi connectivity index (χ0n) is 33.6. The van der Waals surface area contributed by atoms with Gasteiger partial charge in [0, 0.05) is 0 Å². The third-order valence-corrected chi connectivity index (χ3v) is 13.1. The molecular formula is C44H52O12S4. The van der Waals surface area contributed by atoms with Gasteiger partial charge in [0.15, 0.2) is 0 Å². The van der Waals surface area contributed by atoms with Crippen LogP contribution < -0.4 is 18.9 Å². The Hall–Kier alpha value is -2.84. The second kappa shape index (κ2) is 25.9. The molecule has 12 nitrogen and oxygen atoms in total. The molecule has 0 aliphatic carbocycles. The van der Waals surface area contributed by atoms with Crippen LogP contribution in [-0.4, -0.2) is 132 Å². The van der Waals surface area contributed by atoms with Gasteiger partial charge in [-0.25, -0.2) is 0 Å². The van der Waals surface area contributed by atoms with E-state index in [4.69, 9.17) is 56.8 Å². The Kier molecular flexibility index (Phi) is 19.5. The summed E-state index contributed by atoms with van der Waals surface area (Å²) in [4.78, 5) is 7.46. The van der Waals surface area contributed by atoms with Crippen molar-refractivity contribution in [2.45, 2.75) is 39.2 Å². The van der Waals surface area contributed by atoms with Crippen LogP contribution in [0.15, 0.2) is 112 Å². The molecule has 3 aliphatic rings.